The van der Waals surface area contributed by atoms with Crippen LogP contribution in [-0.4, -0.2) is 22.4 Å². The Hall–Kier alpha value is -2.09. The zero-order valence-corrected chi connectivity index (χ0v) is 11.6. The number of aryl methyl sites for hydroxylation is 1. The number of alkyl halides is 3. The molecule has 112 valence electrons. The summed E-state index contributed by atoms with van der Waals surface area (Å²) in [7, 11) is 0. The van der Waals surface area contributed by atoms with Crippen molar-refractivity contribution in [1.82, 2.24) is 4.98 Å². The van der Waals surface area contributed by atoms with Gasteiger partial charge < -0.3 is 9.84 Å². The van der Waals surface area contributed by atoms with Gasteiger partial charge in [0.05, 0.1) is 5.69 Å². The van der Waals surface area contributed by atoms with Gasteiger partial charge in [0.2, 0.25) is 0 Å². The van der Waals surface area contributed by atoms with Crippen LogP contribution in [0.5, 0.6) is 5.75 Å². The second-order valence-corrected chi connectivity index (χ2v) is 5.03. The molecule has 1 N–H and O–H groups in total. The monoisotopic (exact) mass is 317 g/mol. The second-order valence-electron chi connectivity index (χ2n) is 4.03. The van der Waals surface area contributed by atoms with Crippen LogP contribution in [0.4, 0.5) is 13.2 Å². The first-order chi connectivity index (χ1) is 9.80. The molecule has 0 aliphatic carbocycles. The Morgan fingerprint density at radius 3 is 2.67 bits per heavy atom. The maximum atomic E-state index is 12.2. The lowest BCUT2D eigenvalue weighted by molar-refractivity contribution is -0.274. The van der Waals surface area contributed by atoms with Crippen LogP contribution in [0.2, 0.25) is 0 Å². The van der Waals surface area contributed by atoms with E-state index in [4.69, 9.17) is 5.11 Å². The Morgan fingerprint density at radius 2 is 2.14 bits per heavy atom. The average Bonchev–Trinajstić information content (AvgIpc) is 2.81. The first-order valence-corrected chi connectivity index (χ1v) is 6.71. The highest BCUT2D eigenvalue weighted by atomic mass is 32.1. The smallest absolute Gasteiger partial charge is 0.477 e. The summed E-state index contributed by atoms with van der Waals surface area (Å²) in [5.41, 5.74) is 0.786. The molecule has 0 saturated heterocycles. The van der Waals surface area contributed by atoms with Gasteiger partial charge in [-0.1, -0.05) is 19.1 Å². The van der Waals surface area contributed by atoms with Crippen molar-refractivity contribution < 1.29 is 27.8 Å². The molecule has 0 saturated carbocycles. The molecule has 0 bridgehead atoms. The normalized spacial score (nSPS) is 11.4. The number of thiazole rings is 1. The fourth-order valence-corrected chi connectivity index (χ4v) is 2.70. The van der Waals surface area contributed by atoms with Crippen LogP contribution in [-0.2, 0) is 6.42 Å². The fraction of sp³-hybridized carbons (Fsp3) is 0.231. The molecule has 0 amide bonds. The van der Waals surface area contributed by atoms with E-state index >= 15 is 0 Å². The van der Waals surface area contributed by atoms with Crippen LogP contribution in [0, 0.1) is 0 Å². The van der Waals surface area contributed by atoms with Gasteiger partial charge in [-0.15, -0.1) is 24.5 Å². The summed E-state index contributed by atoms with van der Waals surface area (Å²) in [6, 6.07) is 5.29. The lowest BCUT2D eigenvalue weighted by atomic mass is 10.2. The standard InChI is InChI=1S/C13H10F3NO3S/c1-2-9-10(12(18)19)21-11(17-9)7-4-3-5-8(6-7)20-13(14,15)16/h3-6H,2H2,1H3,(H,18,19). The fourth-order valence-electron chi connectivity index (χ4n) is 1.71. The molecule has 4 nitrogen and oxygen atoms in total. The van der Waals surface area contributed by atoms with E-state index in [1.54, 1.807) is 13.0 Å². The van der Waals surface area contributed by atoms with E-state index in [2.05, 4.69) is 9.72 Å². The molecule has 0 aliphatic rings. The summed E-state index contributed by atoms with van der Waals surface area (Å²) in [5, 5.41) is 9.41. The molecule has 1 heterocycles. The van der Waals surface area contributed by atoms with Crippen LogP contribution in [0.1, 0.15) is 22.3 Å². The highest BCUT2D eigenvalue weighted by Gasteiger charge is 2.31. The van der Waals surface area contributed by atoms with E-state index < -0.39 is 12.3 Å². The molecule has 21 heavy (non-hydrogen) atoms. The Kier molecular flexibility index (Phi) is 4.17. The number of aromatic nitrogens is 1. The first kappa shape index (κ1) is 15.3. The highest BCUT2D eigenvalue weighted by Crippen LogP contribution is 2.32. The summed E-state index contributed by atoms with van der Waals surface area (Å²) in [4.78, 5) is 15.3. The molecule has 1 aromatic heterocycles. The third-order valence-corrected chi connectivity index (χ3v) is 3.68. The average molecular weight is 317 g/mol. The van der Waals surface area contributed by atoms with Crippen LogP contribution in [0.25, 0.3) is 10.6 Å². The number of halogens is 3. The van der Waals surface area contributed by atoms with E-state index in [-0.39, 0.29) is 10.6 Å². The number of carbonyl (C=O) groups is 1. The van der Waals surface area contributed by atoms with Gasteiger partial charge in [0.15, 0.2) is 0 Å². The van der Waals surface area contributed by atoms with Gasteiger partial charge in [-0.2, -0.15) is 0 Å². The number of hydrogen-bond donors (Lipinski definition) is 1. The Labute approximate surface area is 121 Å². The number of aromatic carboxylic acids is 1. The van der Waals surface area contributed by atoms with Gasteiger partial charge in [-0.05, 0) is 18.6 Å². The number of rotatable bonds is 4. The Morgan fingerprint density at radius 1 is 1.43 bits per heavy atom. The molecule has 8 heteroatoms. The zero-order valence-electron chi connectivity index (χ0n) is 10.8. The third kappa shape index (κ3) is 3.72. The minimum absolute atomic E-state index is 0.0923. The van der Waals surface area contributed by atoms with E-state index in [9.17, 15) is 18.0 Å². The first-order valence-electron chi connectivity index (χ1n) is 5.89. The predicted molar refractivity (Wildman–Crippen MR) is 70.6 cm³/mol. The van der Waals surface area contributed by atoms with Gasteiger partial charge in [-0.25, -0.2) is 9.78 Å². The number of ether oxygens (including phenoxy) is 1. The minimum Gasteiger partial charge on any atom is -0.477 e. The van der Waals surface area contributed by atoms with Gasteiger partial charge in [0, 0.05) is 5.56 Å². The molecule has 0 atom stereocenters. The van der Waals surface area contributed by atoms with E-state index in [0.717, 1.165) is 11.3 Å². The van der Waals surface area contributed by atoms with Crippen LogP contribution in [0.15, 0.2) is 24.3 Å². The number of carboxylic acids is 1. The molecule has 0 radical (unpaired) electrons. The maximum absolute atomic E-state index is 12.2. The predicted octanol–water partition coefficient (Wildman–Crippen LogP) is 3.97. The second kappa shape index (κ2) is 5.72. The summed E-state index contributed by atoms with van der Waals surface area (Å²) in [5.74, 6) is -1.47. The van der Waals surface area contributed by atoms with E-state index in [0.29, 0.717) is 22.7 Å². The van der Waals surface area contributed by atoms with Crippen LogP contribution >= 0.6 is 11.3 Å². The lowest BCUT2D eigenvalue weighted by Gasteiger charge is -2.09. The van der Waals surface area contributed by atoms with Crippen molar-refractivity contribution in [1.29, 1.82) is 0 Å². The number of carboxylic acid groups (broad SMARTS) is 1. The Bertz CT molecular complexity index is 667. The van der Waals surface area contributed by atoms with Gasteiger partial charge in [0.25, 0.3) is 0 Å². The number of hydrogen-bond acceptors (Lipinski definition) is 4. The SMILES string of the molecule is CCc1nc(-c2cccc(OC(F)(F)F)c2)sc1C(=O)O. The summed E-state index contributed by atoms with van der Waals surface area (Å²) in [6.07, 6.45) is -4.35. The van der Waals surface area contributed by atoms with Crippen molar-refractivity contribution in [3.63, 3.8) is 0 Å². The number of benzene rings is 1. The quantitative estimate of drug-likeness (QED) is 0.927. The van der Waals surface area contributed by atoms with Gasteiger partial charge in [-0.3, -0.25) is 0 Å². The van der Waals surface area contributed by atoms with Crippen molar-refractivity contribution in [2.75, 3.05) is 0 Å². The van der Waals surface area contributed by atoms with Gasteiger partial charge >= 0.3 is 12.3 Å². The topological polar surface area (TPSA) is 59.4 Å². The molecule has 2 rings (SSSR count). The largest absolute Gasteiger partial charge is 0.573 e. The molecule has 1 aromatic carbocycles. The zero-order chi connectivity index (χ0) is 15.6. The van der Waals surface area contributed by atoms with Crippen LogP contribution in [0.3, 0.4) is 0 Å². The van der Waals surface area contributed by atoms with Crippen molar-refractivity contribution >= 4 is 17.3 Å². The molecule has 2 aromatic rings. The lowest BCUT2D eigenvalue weighted by Crippen LogP contribution is -2.17. The number of nitrogens with zero attached hydrogens (tertiary/aromatic N) is 1. The van der Waals surface area contributed by atoms with Crippen molar-refractivity contribution in [3.05, 3.63) is 34.8 Å². The summed E-state index contributed by atoms with van der Waals surface area (Å²) in [6.45, 7) is 1.76. The highest BCUT2D eigenvalue weighted by molar-refractivity contribution is 7.17. The van der Waals surface area contributed by atoms with Crippen molar-refractivity contribution in [2.24, 2.45) is 0 Å². The van der Waals surface area contributed by atoms with Crippen molar-refractivity contribution in [2.45, 2.75) is 19.7 Å². The maximum Gasteiger partial charge on any atom is 0.573 e. The molecule has 0 unspecified atom stereocenters. The molecular formula is C13H10F3NO3S. The minimum atomic E-state index is -4.78. The van der Waals surface area contributed by atoms with E-state index in [1.165, 1.54) is 18.2 Å². The third-order valence-electron chi connectivity index (χ3n) is 2.54. The molecular weight excluding hydrogens is 307 g/mol. The summed E-state index contributed by atoms with van der Waals surface area (Å²) < 4.78 is 40.4. The van der Waals surface area contributed by atoms with Crippen molar-refractivity contribution in [3.8, 4) is 16.3 Å². The molecule has 0 fully saturated rings. The Balaban J connectivity index is 2.38. The molecule has 0 spiro atoms. The summed E-state index contributed by atoms with van der Waals surface area (Å²) >= 11 is 0.925. The molecule has 0 aliphatic heterocycles. The van der Waals surface area contributed by atoms with Crippen LogP contribution < -0.4 is 4.74 Å². The van der Waals surface area contributed by atoms with Gasteiger partial charge in [0.1, 0.15) is 15.6 Å². The van der Waals surface area contributed by atoms with E-state index in [1.807, 2.05) is 0 Å².